The first-order chi connectivity index (χ1) is 20.8. The summed E-state index contributed by atoms with van der Waals surface area (Å²) in [6.07, 6.45) is -3.65. The minimum Gasteiger partial charge on any atom is -0.346 e. The molecule has 2 fully saturated rings. The van der Waals surface area contributed by atoms with Crippen LogP contribution in [0.5, 0.6) is 0 Å². The van der Waals surface area contributed by atoms with Crippen molar-refractivity contribution in [2.75, 3.05) is 6.61 Å². The normalized spacial score (nSPS) is 27.2. The Morgan fingerprint density at radius 1 is 0.750 bits per heavy atom. The topological polar surface area (TPSA) is 231 Å². The van der Waals surface area contributed by atoms with Gasteiger partial charge in [0.2, 0.25) is 0 Å². The zero-order valence-corrected chi connectivity index (χ0v) is 25.1. The van der Waals surface area contributed by atoms with Gasteiger partial charge >= 0.3 is 29.2 Å². The van der Waals surface area contributed by atoms with Crippen molar-refractivity contribution in [2.45, 2.75) is 43.9 Å². The fraction of sp³-hybridized carbons (Fsp3) is 0.333. The summed E-state index contributed by atoms with van der Waals surface area (Å²) in [5, 5.41) is 0. The Labute approximate surface area is 248 Å². The number of fused-ring (bicyclic) bond motifs is 1. The van der Waals surface area contributed by atoms with Crippen LogP contribution in [0.25, 0.3) is 0 Å². The molecule has 0 bridgehead atoms. The van der Waals surface area contributed by atoms with E-state index in [1.165, 1.54) is 6.20 Å². The number of ether oxygens (including phenoxy) is 3. The van der Waals surface area contributed by atoms with Crippen molar-refractivity contribution in [3.05, 3.63) is 105 Å². The van der Waals surface area contributed by atoms with Gasteiger partial charge in [0.1, 0.15) is 18.3 Å². The van der Waals surface area contributed by atoms with E-state index in [9.17, 15) is 38.0 Å². The van der Waals surface area contributed by atoms with E-state index in [0.29, 0.717) is 12.0 Å². The van der Waals surface area contributed by atoms with Gasteiger partial charge < -0.3 is 28.9 Å². The molecule has 1 aromatic heterocycles. The highest BCUT2D eigenvalue weighted by atomic mass is 31.3. The van der Waals surface area contributed by atoms with Crippen LogP contribution in [0.3, 0.4) is 0 Å². The third-order valence-corrected chi connectivity index (χ3v) is 10.6. The summed E-state index contributed by atoms with van der Waals surface area (Å²) in [5.74, 6) is 0. The summed E-state index contributed by atoms with van der Waals surface area (Å²) in [6, 6.07) is 18.2. The molecular formula is C24H27N2O15P3. The van der Waals surface area contributed by atoms with Gasteiger partial charge in [-0.3, -0.25) is 23.4 Å². The molecule has 8 atom stereocenters. The van der Waals surface area contributed by atoms with Gasteiger partial charge in [0.25, 0.3) is 5.56 Å². The molecule has 0 radical (unpaired) electrons. The third kappa shape index (κ3) is 8.56. The predicted molar refractivity (Wildman–Crippen MR) is 148 cm³/mol. The molecule has 2 aliphatic heterocycles. The molecule has 8 unspecified atom stereocenters. The number of phosphoric ester groups is 2. The molecule has 17 nitrogen and oxygen atoms in total. The lowest BCUT2D eigenvalue weighted by Gasteiger charge is -2.22. The molecule has 0 aliphatic carbocycles. The van der Waals surface area contributed by atoms with Gasteiger partial charge in [-0.25, -0.2) is 18.5 Å². The molecular weight excluding hydrogens is 649 g/mol. The standard InChI is InChI=1S/C24H27N2O15P3/c27-19-11-12-26(24(28)25-19)23-22-21(38-20(39-22)13-16-7-3-1-4-8-16)18(37-23)15-36-43(31,32)41-44(33,34)40-42(29,30)35-14-17-9-5-2-6-10-17/h1-12,18,20-23H,13-15H2,(H,29,30)(H,31,32)(H,33,34)(H,25,27,28). The van der Waals surface area contributed by atoms with Crippen molar-refractivity contribution in [3.63, 3.8) is 0 Å². The summed E-state index contributed by atoms with van der Waals surface area (Å²) in [4.78, 5) is 56.0. The molecule has 2 aliphatic rings. The summed E-state index contributed by atoms with van der Waals surface area (Å²) >= 11 is 0. The van der Waals surface area contributed by atoms with Crippen molar-refractivity contribution < 1.29 is 60.3 Å². The van der Waals surface area contributed by atoms with Gasteiger partial charge in [0.05, 0.1) is 13.2 Å². The second kappa shape index (κ2) is 13.4. The zero-order valence-electron chi connectivity index (χ0n) is 22.5. The first-order valence-electron chi connectivity index (χ1n) is 12.8. The maximum absolute atomic E-state index is 12.6. The van der Waals surface area contributed by atoms with Crippen LogP contribution in [0.2, 0.25) is 0 Å². The second-order valence-electron chi connectivity index (χ2n) is 9.53. The maximum Gasteiger partial charge on any atom is 0.490 e. The number of aromatic nitrogens is 2. The highest BCUT2D eigenvalue weighted by molar-refractivity contribution is 7.66. The van der Waals surface area contributed by atoms with Gasteiger partial charge in [-0.15, -0.1) is 0 Å². The third-order valence-electron chi connectivity index (χ3n) is 6.33. The van der Waals surface area contributed by atoms with Crippen LogP contribution in [-0.4, -0.2) is 55.4 Å². The number of hydrogen-bond donors (Lipinski definition) is 4. The van der Waals surface area contributed by atoms with Crippen LogP contribution >= 0.6 is 23.5 Å². The van der Waals surface area contributed by atoms with Gasteiger partial charge in [-0.05, 0) is 11.1 Å². The monoisotopic (exact) mass is 676 g/mol. The Balaban J connectivity index is 1.24. The lowest BCUT2D eigenvalue weighted by Crippen LogP contribution is -2.36. The first-order valence-corrected chi connectivity index (χ1v) is 17.3. The molecule has 3 aromatic rings. The van der Waals surface area contributed by atoms with E-state index in [2.05, 4.69) is 18.1 Å². The number of nitrogens with zero attached hydrogens (tertiary/aromatic N) is 1. The average molecular weight is 676 g/mol. The number of hydrogen-bond acceptors (Lipinski definition) is 12. The van der Waals surface area contributed by atoms with E-state index in [-0.39, 0.29) is 0 Å². The number of rotatable bonds is 13. The summed E-state index contributed by atoms with van der Waals surface area (Å²) in [6.45, 7) is -1.29. The first kappa shape index (κ1) is 32.8. The molecule has 3 heterocycles. The van der Waals surface area contributed by atoms with E-state index in [1.807, 2.05) is 30.3 Å². The Morgan fingerprint density at radius 2 is 1.34 bits per heavy atom. The molecule has 4 N–H and O–H groups in total. The van der Waals surface area contributed by atoms with Crippen molar-refractivity contribution in [2.24, 2.45) is 0 Å². The van der Waals surface area contributed by atoms with Crippen LogP contribution in [0.1, 0.15) is 17.4 Å². The van der Waals surface area contributed by atoms with Gasteiger partial charge in [-0.2, -0.15) is 8.62 Å². The highest BCUT2D eigenvalue weighted by Gasteiger charge is 2.54. The average Bonchev–Trinajstić information content (AvgIpc) is 3.50. The maximum atomic E-state index is 12.6. The Morgan fingerprint density at radius 3 is 1.98 bits per heavy atom. The minimum atomic E-state index is -5.71. The Hall–Kier alpha value is -2.59. The number of phosphoric acid groups is 3. The quantitative estimate of drug-likeness (QED) is 0.190. The summed E-state index contributed by atoms with van der Waals surface area (Å²) in [5.41, 5.74) is -0.185. The fourth-order valence-electron chi connectivity index (χ4n) is 4.51. The lowest BCUT2D eigenvalue weighted by atomic mass is 10.1. The number of H-pyrrole nitrogens is 1. The lowest BCUT2D eigenvalue weighted by molar-refractivity contribution is -0.150. The van der Waals surface area contributed by atoms with Crippen LogP contribution in [0, 0.1) is 0 Å². The molecule has 20 heteroatoms. The summed E-state index contributed by atoms with van der Waals surface area (Å²) < 4.78 is 73.6. The van der Waals surface area contributed by atoms with Crippen LogP contribution < -0.4 is 11.2 Å². The molecule has 5 rings (SSSR count). The van der Waals surface area contributed by atoms with Crippen molar-refractivity contribution in [1.29, 1.82) is 0 Å². The minimum absolute atomic E-state index is 0.300. The van der Waals surface area contributed by atoms with Crippen LogP contribution in [0.4, 0.5) is 0 Å². The molecule has 238 valence electrons. The van der Waals surface area contributed by atoms with E-state index in [1.54, 1.807) is 30.3 Å². The van der Waals surface area contributed by atoms with E-state index in [0.717, 1.165) is 16.2 Å². The fourth-order valence-corrected chi connectivity index (χ4v) is 8.01. The Kier molecular flexibility index (Phi) is 10.00. The predicted octanol–water partition coefficient (Wildman–Crippen LogP) is 2.35. The Bertz CT molecular complexity index is 1700. The molecule has 0 spiro atoms. The zero-order chi connectivity index (χ0) is 31.5. The molecule has 0 amide bonds. The SMILES string of the molecule is O=c1ccn(C2OC(COP(=O)(O)OP(=O)(O)OP(=O)(O)OCc3ccccc3)C3OC(Cc4ccccc4)OC32)c(=O)[nH]1. The van der Waals surface area contributed by atoms with Crippen molar-refractivity contribution >= 4 is 23.5 Å². The molecule has 2 aromatic carbocycles. The summed E-state index contributed by atoms with van der Waals surface area (Å²) in [7, 11) is -16.4. The van der Waals surface area contributed by atoms with Gasteiger partial charge in [0, 0.05) is 18.7 Å². The highest BCUT2D eigenvalue weighted by Crippen LogP contribution is 2.68. The number of benzene rings is 2. The molecule has 2 saturated heterocycles. The van der Waals surface area contributed by atoms with Crippen molar-refractivity contribution in [1.82, 2.24) is 9.55 Å². The van der Waals surface area contributed by atoms with Crippen LogP contribution in [-0.2, 0) is 58.6 Å². The van der Waals surface area contributed by atoms with E-state index < -0.39 is 78.8 Å². The molecule has 0 saturated carbocycles. The second-order valence-corrected chi connectivity index (χ2v) is 14.2. The number of nitrogens with one attached hydrogen (secondary N) is 1. The largest absolute Gasteiger partial charge is 0.490 e. The van der Waals surface area contributed by atoms with Gasteiger partial charge in [0.15, 0.2) is 12.5 Å². The molecule has 44 heavy (non-hydrogen) atoms. The van der Waals surface area contributed by atoms with Crippen LogP contribution in [0.15, 0.2) is 82.5 Å². The number of aromatic amines is 1. The van der Waals surface area contributed by atoms with Crippen molar-refractivity contribution in [3.8, 4) is 0 Å². The van der Waals surface area contributed by atoms with E-state index >= 15 is 0 Å². The van der Waals surface area contributed by atoms with E-state index in [4.69, 9.17) is 18.7 Å². The smallest absolute Gasteiger partial charge is 0.346 e. The van der Waals surface area contributed by atoms with Gasteiger partial charge in [-0.1, -0.05) is 60.7 Å².